The van der Waals surface area contributed by atoms with Gasteiger partial charge in [-0.3, -0.25) is 0 Å². The molecule has 0 spiro atoms. The number of esters is 1. The fraction of sp³-hybridized carbons (Fsp3) is 0.538. The summed E-state index contributed by atoms with van der Waals surface area (Å²) in [5, 5.41) is 8.81. The topological polar surface area (TPSA) is 66.8 Å². The molecule has 0 saturated carbocycles. The van der Waals surface area contributed by atoms with Gasteiger partial charge >= 0.3 is 11.9 Å². The molecule has 0 aliphatic rings. The lowest BCUT2D eigenvalue weighted by Crippen LogP contribution is -2.20. The Morgan fingerprint density at radius 2 is 2.00 bits per heavy atom. The molecule has 0 aliphatic carbocycles. The number of rotatable bonds is 8. The van der Waals surface area contributed by atoms with Gasteiger partial charge in [0.15, 0.2) is 0 Å². The fourth-order valence-corrected chi connectivity index (χ4v) is 1.14. The molecule has 0 atom stereocenters. The SMILES string of the molecule is C=C(CC=C(CC)C(=O)O)C(=O)OCCN(C)C. The molecule has 5 heteroatoms. The Bertz CT molecular complexity index is 345. The van der Waals surface area contributed by atoms with Crippen LogP contribution in [-0.2, 0) is 14.3 Å². The third kappa shape index (κ3) is 6.85. The predicted octanol–water partition coefficient (Wildman–Crippen LogP) is 1.46. The van der Waals surface area contributed by atoms with Gasteiger partial charge in [0, 0.05) is 17.7 Å². The Kier molecular flexibility index (Phi) is 7.71. The first-order valence-corrected chi connectivity index (χ1v) is 5.80. The second kappa shape index (κ2) is 8.47. The Morgan fingerprint density at radius 1 is 1.39 bits per heavy atom. The van der Waals surface area contributed by atoms with Crippen molar-refractivity contribution in [3.05, 3.63) is 23.8 Å². The van der Waals surface area contributed by atoms with Crippen molar-refractivity contribution in [1.29, 1.82) is 0 Å². The van der Waals surface area contributed by atoms with E-state index >= 15 is 0 Å². The van der Waals surface area contributed by atoms with Crippen LogP contribution in [0.3, 0.4) is 0 Å². The average Bonchev–Trinajstić information content (AvgIpc) is 2.28. The molecule has 102 valence electrons. The van der Waals surface area contributed by atoms with Gasteiger partial charge in [-0.1, -0.05) is 19.6 Å². The minimum absolute atomic E-state index is 0.205. The van der Waals surface area contributed by atoms with E-state index in [1.54, 1.807) is 6.92 Å². The van der Waals surface area contributed by atoms with Crippen molar-refractivity contribution in [2.75, 3.05) is 27.2 Å². The lowest BCUT2D eigenvalue weighted by molar-refractivity contribution is -0.139. The average molecular weight is 255 g/mol. The number of hydrogen-bond donors (Lipinski definition) is 1. The third-order valence-corrected chi connectivity index (χ3v) is 2.31. The molecule has 18 heavy (non-hydrogen) atoms. The van der Waals surface area contributed by atoms with Crippen LogP contribution in [0.15, 0.2) is 23.8 Å². The zero-order chi connectivity index (χ0) is 14.1. The highest BCUT2D eigenvalue weighted by Crippen LogP contribution is 2.08. The minimum atomic E-state index is -0.966. The molecular weight excluding hydrogens is 234 g/mol. The van der Waals surface area contributed by atoms with Crippen molar-refractivity contribution in [2.45, 2.75) is 19.8 Å². The van der Waals surface area contributed by atoms with E-state index in [1.165, 1.54) is 6.08 Å². The molecule has 0 amide bonds. The second-order valence-corrected chi connectivity index (χ2v) is 4.13. The number of nitrogens with zero attached hydrogens (tertiary/aromatic N) is 1. The zero-order valence-corrected chi connectivity index (χ0v) is 11.2. The quantitative estimate of drug-likeness (QED) is 0.525. The van der Waals surface area contributed by atoms with E-state index in [4.69, 9.17) is 9.84 Å². The minimum Gasteiger partial charge on any atom is -0.478 e. The van der Waals surface area contributed by atoms with Gasteiger partial charge in [-0.2, -0.15) is 0 Å². The molecule has 1 N–H and O–H groups in total. The molecule has 0 radical (unpaired) electrons. The Labute approximate surface area is 108 Å². The maximum Gasteiger partial charge on any atom is 0.333 e. The number of carboxylic acids is 1. The number of hydrogen-bond acceptors (Lipinski definition) is 4. The fourth-order valence-electron chi connectivity index (χ4n) is 1.14. The smallest absolute Gasteiger partial charge is 0.333 e. The number of carboxylic acid groups (broad SMARTS) is 1. The molecule has 0 aliphatic heterocycles. The molecule has 0 heterocycles. The van der Waals surface area contributed by atoms with Crippen molar-refractivity contribution in [1.82, 2.24) is 4.90 Å². The summed E-state index contributed by atoms with van der Waals surface area (Å²) in [6.45, 7) is 6.28. The van der Waals surface area contributed by atoms with Crippen molar-refractivity contribution in [3.63, 3.8) is 0 Å². The number of carbonyl (C=O) groups excluding carboxylic acids is 1. The van der Waals surface area contributed by atoms with Crippen molar-refractivity contribution < 1.29 is 19.4 Å². The van der Waals surface area contributed by atoms with Gasteiger partial charge in [0.05, 0.1) is 0 Å². The monoisotopic (exact) mass is 255 g/mol. The van der Waals surface area contributed by atoms with Crippen LogP contribution >= 0.6 is 0 Å². The van der Waals surface area contributed by atoms with Gasteiger partial charge in [0.25, 0.3) is 0 Å². The molecule has 0 bridgehead atoms. The van der Waals surface area contributed by atoms with E-state index in [-0.39, 0.29) is 17.6 Å². The van der Waals surface area contributed by atoms with Gasteiger partial charge in [-0.25, -0.2) is 9.59 Å². The van der Waals surface area contributed by atoms with Gasteiger partial charge in [-0.15, -0.1) is 0 Å². The van der Waals surface area contributed by atoms with E-state index in [1.807, 2.05) is 19.0 Å². The summed E-state index contributed by atoms with van der Waals surface area (Å²) in [4.78, 5) is 24.1. The van der Waals surface area contributed by atoms with Gasteiger partial charge in [0.2, 0.25) is 0 Å². The summed E-state index contributed by atoms with van der Waals surface area (Å²) in [5.74, 6) is -1.44. The molecule has 0 rings (SSSR count). The van der Waals surface area contributed by atoms with Crippen LogP contribution in [0.2, 0.25) is 0 Å². The molecule has 0 aromatic rings. The maximum atomic E-state index is 11.5. The molecule has 0 saturated heterocycles. The van der Waals surface area contributed by atoms with E-state index in [9.17, 15) is 9.59 Å². The highest BCUT2D eigenvalue weighted by molar-refractivity contribution is 5.89. The zero-order valence-electron chi connectivity index (χ0n) is 11.2. The largest absolute Gasteiger partial charge is 0.478 e. The second-order valence-electron chi connectivity index (χ2n) is 4.13. The number of allylic oxidation sites excluding steroid dienone is 1. The van der Waals surface area contributed by atoms with Crippen LogP contribution in [0, 0.1) is 0 Å². The summed E-state index contributed by atoms with van der Waals surface area (Å²) >= 11 is 0. The number of ether oxygens (including phenoxy) is 1. The first-order valence-electron chi connectivity index (χ1n) is 5.80. The summed E-state index contributed by atoms with van der Waals surface area (Å²) < 4.78 is 4.98. The van der Waals surface area contributed by atoms with Crippen LogP contribution in [0.1, 0.15) is 19.8 Å². The lowest BCUT2D eigenvalue weighted by Gasteiger charge is -2.10. The van der Waals surface area contributed by atoms with E-state index in [2.05, 4.69) is 6.58 Å². The van der Waals surface area contributed by atoms with Crippen LogP contribution in [0.4, 0.5) is 0 Å². The number of carbonyl (C=O) groups is 2. The van der Waals surface area contributed by atoms with Gasteiger partial charge in [-0.05, 0) is 26.9 Å². The first-order chi connectivity index (χ1) is 8.38. The highest BCUT2D eigenvalue weighted by atomic mass is 16.5. The molecule has 0 aromatic carbocycles. The van der Waals surface area contributed by atoms with E-state index in [0.717, 1.165) is 0 Å². The number of likely N-dealkylation sites (N-methyl/N-ethyl adjacent to an activating group) is 1. The van der Waals surface area contributed by atoms with Crippen LogP contribution in [0.5, 0.6) is 0 Å². The van der Waals surface area contributed by atoms with Crippen molar-refractivity contribution in [3.8, 4) is 0 Å². The standard InChI is InChI=1S/C13H21NO4/c1-5-11(12(15)16)7-6-10(2)13(17)18-9-8-14(3)4/h7H,2,5-6,8-9H2,1,3-4H3,(H,15,16). The predicted molar refractivity (Wildman–Crippen MR) is 69.3 cm³/mol. The highest BCUT2D eigenvalue weighted by Gasteiger charge is 2.09. The van der Waals surface area contributed by atoms with Gasteiger partial charge in [0.1, 0.15) is 6.61 Å². The van der Waals surface area contributed by atoms with Crippen LogP contribution < -0.4 is 0 Å². The van der Waals surface area contributed by atoms with Gasteiger partial charge < -0.3 is 14.7 Å². The lowest BCUT2D eigenvalue weighted by atomic mass is 10.1. The molecule has 0 aromatic heterocycles. The Morgan fingerprint density at radius 3 is 2.44 bits per heavy atom. The summed E-state index contributed by atoms with van der Waals surface area (Å²) in [6.07, 6.45) is 2.12. The Hall–Kier alpha value is -1.62. The van der Waals surface area contributed by atoms with E-state index < -0.39 is 11.9 Å². The third-order valence-electron chi connectivity index (χ3n) is 2.31. The summed E-state index contributed by atoms with van der Waals surface area (Å²) in [6, 6.07) is 0. The van der Waals surface area contributed by atoms with Crippen LogP contribution in [-0.4, -0.2) is 49.2 Å². The normalized spacial score (nSPS) is 11.4. The number of aliphatic carboxylic acids is 1. The van der Waals surface area contributed by atoms with Crippen LogP contribution in [0.25, 0.3) is 0 Å². The Balaban J connectivity index is 4.16. The van der Waals surface area contributed by atoms with Crippen molar-refractivity contribution >= 4 is 11.9 Å². The molecule has 0 fully saturated rings. The first kappa shape index (κ1) is 16.4. The van der Waals surface area contributed by atoms with Crippen molar-refractivity contribution in [2.24, 2.45) is 0 Å². The molecular formula is C13H21NO4. The maximum absolute atomic E-state index is 11.5. The summed E-state index contributed by atoms with van der Waals surface area (Å²) in [7, 11) is 3.76. The van der Waals surface area contributed by atoms with E-state index in [0.29, 0.717) is 19.6 Å². The molecule has 0 unspecified atom stereocenters. The molecule has 5 nitrogen and oxygen atoms in total. The summed E-state index contributed by atoms with van der Waals surface area (Å²) in [5.41, 5.74) is 0.540.